The SMILES string of the molecule is NC(=O)C1(Nc2ccccc2)CCCC(C2CC2)C1. The summed E-state index contributed by atoms with van der Waals surface area (Å²) in [5.41, 5.74) is 6.19. The van der Waals surface area contributed by atoms with Gasteiger partial charge in [-0.2, -0.15) is 0 Å². The minimum Gasteiger partial charge on any atom is -0.371 e. The van der Waals surface area contributed by atoms with Crippen LogP contribution in [0.4, 0.5) is 5.69 Å². The van der Waals surface area contributed by atoms with E-state index in [1.807, 2.05) is 30.3 Å². The Morgan fingerprint density at radius 1 is 1.16 bits per heavy atom. The molecular formula is C16H22N2O. The molecule has 0 spiro atoms. The highest BCUT2D eigenvalue weighted by Crippen LogP contribution is 2.47. The normalized spacial score (nSPS) is 30.8. The van der Waals surface area contributed by atoms with Crippen LogP contribution in [-0.4, -0.2) is 11.4 Å². The number of amides is 1. The third-order valence-electron chi connectivity index (χ3n) is 4.71. The van der Waals surface area contributed by atoms with E-state index in [-0.39, 0.29) is 5.91 Å². The molecule has 3 heteroatoms. The minimum atomic E-state index is -0.535. The summed E-state index contributed by atoms with van der Waals surface area (Å²) in [6.45, 7) is 0. The number of carbonyl (C=O) groups excluding carboxylic acids is 1. The lowest BCUT2D eigenvalue weighted by molar-refractivity contribution is -0.123. The Morgan fingerprint density at radius 2 is 1.89 bits per heavy atom. The number of primary amides is 1. The second-order valence-corrected chi connectivity index (χ2v) is 6.13. The highest BCUT2D eigenvalue weighted by atomic mass is 16.1. The summed E-state index contributed by atoms with van der Waals surface area (Å²) in [5.74, 6) is 1.33. The Morgan fingerprint density at radius 3 is 2.53 bits per heavy atom. The molecular weight excluding hydrogens is 236 g/mol. The molecule has 2 aliphatic carbocycles. The first-order valence-corrected chi connectivity index (χ1v) is 7.33. The van der Waals surface area contributed by atoms with E-state index >= 15 is 0 Å². The van der Waals surface area contributed by atoms with E-state index in [1.54, 1.807) is 0 Å². The van der Waals surface area contributed by atoms with Crippen LogP contribution in [0.5, 0.6) is 0 Å². The summed E-state index contributed by atoms with van der Waals surface area (Å²) < 4.78 is 0. The number of para-hydroxylation sites is 1. The van der Waals surface area contributed by atoms with Gasteiger partial charge in [-0.3, -0.25) is 4.79 Å². The van der Waals surface area contributed by atoms with Crippen molar-refractivity contribution in [3.63, 3.8) is 0 Å². The Hall–Kier alpha value is -1.51. The lowest BCUT2D eigenvalue weighted by Gasteiger charge is -2.40. The number of anilines is 1. The number of benzene rings is 1. The zero-order valence-electron chi connectivity index (χ0n) is 11.3. The Bertz CT molecular complexity index is 455. The summed E-state index contributed by atoms with van der Waals surface area (Å²) in [6.07, 6.45) is 6.80. The molecule has 102 valence electrons. The predicted octanol–water partition coefficient (Wildman–Crippen LogP) is 2.92. The maximum atomic E-state index is 12.0. The quantitative estimate of drug-likeness (QED) is 0.872. The van der Waals surface area contributed by atoms with E-state index in [1.165, 1.54) is 19.3 Å². The molecule has 2 aliphatic rings. The average Bonchev–Trinajstić information content (AvgIpc) is 3.24. The van der Waals surface area contributed by atoms with Gasteiger partial charge in [0.1, 0.15) is 5.54 Å². The third-order valence-corrected chi connectivity index (χ3v) is 4.71. The van der Waals surface area contributed by atoms with E-state index < -0.39 is 5.54 Å². The molecule has 2 unspecified atom stereocenters. The van der Waals surface area contributed by atoms with Crippen LogP contribution in [-0.2, 0) is 4.79 Å². The van der Waals surface area contributed by atoms with E-state index in [2.05, 4.69) is 5.32 Å². The molecule has 1 aromatic carbocycles. The number of carbonyl (C=O) groups is 1. The Kier molecular flexibility index (Phi) is 3.21. The molecule has 0 saturated heterocycles. The van der Waals surface area contributed by atoms with E-state index in [9.17, 15) is 4.79 Å². The highest BCUT2D eigenvalue weighted by molar-refractivity contribution is 5.88. The smallest absolute Gasteiger partial charge is 0.243 e. The first-order chi connectivity index (χ1) is 9.20. The fourth-order valence-corrected chi connectivity index (χ4v) is 3.48. The molecule has 2 atom stereocenters. The molecule has 1 aromatic rings. The fraction of sp³-hybridized carbons (Fsp3) is 0.562. The van der Waals surface area contributed by atoms with Gasteiger partial charge in [0.15, 0.2) is 0 Å². The van der Waals surface area contributed by atoms with Gasteiger partial charge < -0.3 is 11.1 Å². The van der Waals surface area contributed by atoms with Crippen molar-refractivity contribution in [2.45, 2.75) is 44.1 Å². The van der Waals surface area contributed by atoms with Crippen molar-refractivity contribution in [3.05, 3.63) is 30.3 Å². The maximum Gasteiger partial charge on any atom is 0.243 e. The monoisotopic (exact) mass is 258 g/mol. The van der Waals surface area contributed by atoms with Crippen LogP contribution in [0.2, 0.25) is 0 Å². The largest absolute Gasteiger partial charge is 0.371 e. The van der Waals surface area contributed by atoms with Gasteiger partial charge >= 0.3 is 0 Å². The van der Waals surface area contributed by atoms with Gasteiger partial charge in [-0.15, -0.1) is 0 Å². The van der Waals surface area contributed by atoms with Crippen LogP contribution in [0.15, 0.2) is 30.3 Å². The van der Waals surface area contributed by atoms with Crippen molar-refractivity contribution in [1.82, 2.24) is 0 Å². The van der Waals surface area contributed by atoms with Crippen LogP contribution in [0.25, 0.3) is 0 Å². The number of hydrogen-bond acceptors (Lipinski definition) is 2. The predicted molar refractivity (Wildman–Crippen MR) is 76.7 cm³/mol. The second kappa shape index (κ2) is 4.87. The number of hydrogen-bond donors (Lipinski definition) is 2. The van der Waals surface area contributed by atoms with Gasteiger partial charge in [-0.1, -0.05) is 24.6 Å². The molecule has 1 amide bonds. The Labute approximate surface area is 114 Å². The van der Waals surface area contributed by atoms with Crippen molar-refractivity contribution >= 4 is 11.6 Å². The van der Waals surface area contributed by atoms with E-state index in [4.69, 9.17) is 5.73 Å². The topological polar surface area (TPSA) is 55.1 Å². The molecule has 2 fully saturated rings. The first kappa shape index (κ1) is 12.5. The van der Waals surface area contributed by atoms with Gasteiger partial charge in [0.05, 0.1) is 0 Å². The van der Waals surface area contributed by atoms with Gasteiger partial charge in [0.2, 0.25) is 5.91 Å². The molecule has 2 saturated carbocycles. The molecule has 3 N–H and O–H groups in total. The highest BCUT2D eigenvalue weighted by Gasteiger charge is 2.45. The number of rotatable bonds is 4. The average molecular weight is 258 g/mol. The maximum absolute atomic E-state index is 12.0. The standard InChI is InChI=1S/C16H22N2O/c17-15(19)16(18-14-6-2-1-3-7-14)10-4-5-13(11-16)12-8-9-12/h1-3,6-7,12-13,18H,4-5,8-11H2,(H2,17,19). The minimum absolute atomic E-state index is 0.193. The fourth-order valence-electron chi connectivity index (χ4n) is 3.48. The first-order valence-electron chi connectivity index (χ1n) is 7.33. The van der Waals surface area contributed by atoms with Crippen LogP contribution >= 0.6 is 0 Å². The lowest BCUT2D eigenvalue weighted by atomic mass is 9.73. The molecule has 0 radical (unpaired) electrons. The van der Waals surface area contributed by atoms with Crippen LogP contribution in [0.1, 0.15) is 38.5 Å². The molecule has 19 heavy (non-hydrogen) atoms. The van der Waals surface area contributed by atoms with E-state index in [0.717, 1.165) is 30.9 Å². The van der Waals surface area contributed by atoms with Gasteiger partial charge in [-0.05, 0) is 56.1 Å². The van der Waals surface area contributed by atoms with Crippen molar-refractivity contribution < 1.29 is 4.79 Å². The molecule has 0 aromatic heterocycles. The van der Waals surface area contributed by atoms with Gasteiger partial charge in [0, 0.05) is 5.69 Å². The van der Waals surface area contributed by atoms with Crippen LogP contribution < -0.4 is 11.1 Å². The molecule has 0 heterocycles. The van der Waals surface area contributed by atoms with Crippen molar-refractivity contribution in [2.75, 3.05) is 5.32 Å². The molecule has 0 aliphatic heterocycles. The third kappa shape index (κ3) is 2.60. The zero-order valence-corrected chi connectivity index (χ0v) is 11.3. The van der Waals surface area contributed by atoms with Crippen LogP contribution in [0.3, 0.4) is 0 Å². The molecule has 0 bridgehead atoms. The van der Waals surface area contributed by atoms with Crippen molar-refractivity contribution in [2.24, 2.45) is 17.6 Å². The molecule has 3 nitrogen and oxygen atoms in total. The Balaban J connectivity index is 1.80. The summed E-state index contributed by atoms with van der Waals surface area (Å²) >= 11 is 0. The summed E-state index contributed by atoms with van der Waals surface area (Å²) in [7, 11) is 0. The van der Waals surface area contributed by atoms with Crippen LogP contribution in [0, 0.1) is 11.8 Å². The van der Waals surface area contributed by atoms with E-state index in [0.29, 0.717) is 5.92 Å². The lowest BCUT2D eigenvalue weighted by Crippen LogP contribution is -2.53. The molecule has 3 rings (SSSR count). The number of nitrogens with two attached hydrogens (primary N) is 1. The van der Waals surface area contributed by atoms with Crippen molar-refractivity contribution in [3.8, 4) is 0 Å². The second-order valence-electron chi connectivity index (χ2n) is 6.13. The van der Waals surface area contributed by atoms with Crippen molar-refractivity contribution in [1.29, 1.82) is 0 Å². The summed E-state index contributed by atoms with van der Waals surface area (Å²) in [5, 5.41) is 3.43. The zero-order chi connectivity index (χ0) is 13.3. The summed E-state index contributed by atoms with van der Waals surface area (Å²) in [6, 6.07) is 9.96. The number of nitrogens with one attached hydrogen (secondary N) is 1. The summed E-state index contributed by atoms with van der Waals surface area (Å²) in [4.78, 5) is 12.0. The van der Waals surface area contributed by atoms with Gasteiger partial charge in [0.25, 0.3) is 0 Å². The van der Waals surface area contributed by atoms with Gasteiger partial charge in [-0.25, -0.2) is 0 Å².